The molecule has 0 saturated carbocycles. The highest BCUT2D eigenvalue weighted by molar-refractivity contribution is 5.99. The molecule has 1 amide bonds. The fourth-order valence-corrected chi connectivity index (χ4v) is 1.91. The number of anilines is 1. The third-order valence-electron chi connectivity index (χ3n) is 3.23. The summed E-state index contributed by atoms with van der Waals surface area (Å²) in [5.41, 5.74) is 15.7. The zero-order chi connectivity index (χ0) is 13.4. The Labute approximate surface area is 105 Å². The molecule has 0 aliphatic carbocycles. The maximum atomic E-state index is 11.3. The maximum absolute atomic E-state index is 11.3. The highest BCUT2D eigenvalue weighted by Gasteiger charge is 2.14. The number of hydrogen-bond donors (Lipinski definition) is 2. The van der Waals surface area contributed by atoms with Gasteiger partial charge in [0.2, 0.25) is 0 Å². The number of nitrogen functional groups attached to an aromatic ring is 1. The van der Waals surface area contributed by atoms with Crippen LogP contribution in [0.15, 0.2) is 18.2 Å². The summed E-state index contributed by atoms with van der Waals surface area (Å²) >= 11 is 0. The number of para-hydroxylation sites is 1. The van der Waals surface area contributed by atoms with Gasteiger partial charge in [0.15, 0.2) is 0 Å². The van der Waals surface area contributed by atoms with Crippen LogP contribution < -0.4 is 11.5 Å². The first-order valence-electron chi connectivity index (χ1n) is 5.65. The number of hydrogen-bond acceptors (Lipinski definition) is 3. The van der Waals surface area contributed by atoms with Crippen LogP contribution in [0, 0.1) is 20.8 Å². The summed E-state index contributed by atoms with van der Waals surface area (Å²) in [6.45, 7) is 5.90. The zero-order valence-corrected chi connectivity index (χ0v) is 10.7. The largest absolute Gasteiger partial charge is 0.396 e. The molecule has 0 unspecified atom stereocenters. The number of rotatable bonds is 2. The molecule has 0 spiro atoms. The van der Waals surface area contributed by atoms with Crippen LogP contribution in [0.4, 0.5) is 5.69 Å². The average Bonchev–Trinajstić information content (AvgIpc) is 2.57. The summed E-state index contributed by atoms with van der Waals surface area (Å²) in [5, 5.41) is 4.43. The van der Waals surface area contributed by atoms with Gasteiger partial charge in [-0.1, -0.05) is 6.07 Å². The molecule has 18 heavy (non-hydrogen) atoms. The van der Waals surface area contributed by atoms with E-state index in [1.54, 1.807) is 16.8 Å². The molecule has 1 heterocycles. The van der Waals surface area contributed by atoms with E-state index in [2.05, 4.69) is 5.10 Å². The Balaban J connectivity index is 2.68. The molecule has 1 aromatic heterocycles. The van der Waals surface area contributed by atoms with E-state index in [9.17, 15) is 4.79 Å². The van der Waals surface area contributed by atoms with Crippen LogP contribution in [0.3, 0.4) is 0 Å². The van der Waals surface area contributed by atoms with Crippen molar-refractivity contribution in [1.29, 1.82) is 0 Å². The summed E-state index contributed by atoms with van der Waals surface area (Å²) in [6.07, 6.45) is 0. The molecule has 4 N–H and O–H groups in total. The van der Waals surface area contributed by atoms with Crippen LogP contribution in [0.2, 0.25) is 0 Å². The second kappa shape index (κ2) is 4.18. The molecule has 0 saturated heterocycles. The van der Waals surface area contributed by atoms with E-state index in [-0.39, 0.29) is 0 Å². The number of aromatic nitrogens is 2. The number of benzene rings is 1. The molecule has 2 rings (SSSR count). The summed E-state index contributed by atoms with van der Waals surface area (Å²) in [7, 11) is 0. The number of primary amides is 1. The monoisotopic (exact) mass is 244 g/mol. The van der Waals surface area contributed by atoms with E-state index in [1.807, 2.05) is 26.8 Å². The number of nitrogens with two attached hydrogens (primary N) is 2. The number of carbonyl (C=O) groups is 1. The van der Waals surface area contributed by atoms with Crippen LogP contribution in [-0.2, 0) is 0 Å². The fraction of sp³-hybridized carbons (Fsp3) is 0.231. The molecular formula is C13H16N4O. The first-order chi connectivity index (χ1) is 8.43. The van der Waals surface area contributed by atoms with Crippen LogP contribution in [0.5, 0.6) is 0 Å². The second-order valence-corrected chi connectivity index (χ2v) is 4.31. The zero-order valence-electron chi connectivity index (χ0n) is 10.7. The topological polar surface area (TPSA) is 86.9 Å². The van der Waals surface area contributed by atoms with E-state index >= 15 is 0 Å². The predicted molar refractivity (Wildman–Crippen MR) is 70.7 cm³/mol. The molecule has 5 nitrogen and oxygen atoms in total. The third-order valence-corrected chi connectivity index (χ3v) is 3.23. The quantitative estimate of drug-likeness (QED) is 0.784. The van der Waals surface area contributed by atoms with Crippen LogP contribution >= 0.6 is 0 Å². The van der Waals surface area contributed by atoms with Crippen LogP contribution in [0.25, 0.3) is 5.69 Å². The number of nitrogens with zero attached hydrogens (tertiary/aromatic N) is 2. The Bertz CT molecular complexity index is 628. The summed E-state index contributed by atoms with van der Waals surface area (Å²) in [4.78, 5) is 11.3. The normalized spacial score (nSPS) is 10.6. The smallest absolute Gasteiger partial charge is 0.250 e. The molecule has 5 heteroatoms. The van der Waals surface area contributed by atoms with Gasteiger partial charge in [-0.05, 0) is 38.5 Å². The van der Waals surface area contributed by atoms with Gasteiger partial charge >= 0.3 is 0 Å². The van der Waals surface area contributed by atoms with Gasteiger partial charge in [-0.25, -0.2) is 4.68 Å². The van der Waals surface area contributed by atoms with Crippen molar-refractivity contribution >= 4 is 11.6 Å². The molecular weight excluding hydrogens is 228 g/mol. The maximum Gasteiger partial charge on any atom is 0.250 e. The Kier molecular flexibility index (Phi) is 2.82. The van der Waals surface area contributed by atoms with Crippen molar-refractivity contribution in [2.75, 3.05) is 5.73 Å². The van der Waals surface area contributed by atoms with Crippen molar-refractivity contribution in [2.45, 2.75) is 20.8 Å². The van der Waals surface area contributed by atoms with Crippen molar-refractivity contribution in [3.63, 3.8) is 0 Å². The van der Waals surface area contributed by atoms with E-state index < -0.39 is 5.91 Å². The highest BCUT2D eigenvalue weighted by atomic mass is 16.1. The standard InChI is InChI=1S/C13H16N4O/c1-7-8(2)16-17(9(7)3)11-6-4-5-10(12(11)14)13(15)18/h4-6H,14H2,1-3H3,(H2,15,18). The van der Waals surface area contributed by atoms with Gasteiger partial charge in [0, 0.05) is 5.69 Å². The molecule has 2 aromatic rings. The van der Waals surface area contributed by atoms with E-state index in [0.717, 1.165) is 17.0 Å². The van der Waals surface area contributed by atoms with E-state index in [1.165, 1.54) is 0 Å². The van der Waals surface area contributed by atoms with Crippen molar-refractivity contribution in [1.82, 2.24) is 9.78 Å². The van der Waals surface area contributed by atoms with Crippen molar-refractivity contribution in [3.05, 3.63) is 40.7 Å². The highest BCUT2D eigenvalue weighted by Crippen LogP contribution is 2.24. The lowest BCUT2D eigenvalue weighted by Gasteiger charge is -2.10. The molecule has 0 bridgehead atoms. The first-order valence-corrected chi connectivity index (χ1v) is 5.65. The number of aryl methyl sites for hydroxylation is 1. The van der Waals surface area contributed by atoms with Crippen molar-refractivity contribution < 1.29 is 4.79 Å². The summed E-state index contributed by atoms with van der Waals surface area (Å²) in [6, 6.07) is 5.18. The van der Waals surface area contributed by atoms with Gasteiger partial charge < -0.3 is 11.5 Å². The lowest BCUT2D eigenvalue weighted by atomic mass is 10.1. The average molecular weight is 244 g/mol. The minimum absolute atomic E-state index is 0.317. The minimum atomic E-state index is -0.535. The summed E-state index contributed by atoms with van der Waals surface area (Å²) in [5.74, 6) is -0.535. The summed E-state index contributed by atoms with van der Waals surface area (Å²) < 4.78 is 1.74. The molecule has 0 radical (unpaired) electrons. The molecule has 0 atom stereocenters. The molecule has 0 fully saturated rings. The SMILES string of the molecule is Cc1nn(-c2cccc(C(N)=O)c2N)c(C)c1C. The van der Waals surface area contributed by atoms with E-state index in [0.29, 0.717) is 16.9 Å². The molecule has 94 valence electrons. The van der Waals surface area contributed by atoms with Crippen LogP contribution in [-0.4, -0.2) is 15.7 Å². The Morgan fingerprint density at radius 2 is 1.94 bits per heavy atom. The van der Waals surface area contributed by atoms with Gasteiger partial charge in [0.05, 0.1) is 22.6 Å². The minimum Gasteiger partial charge on any atom is -0.396 e. The lowest BCUT2D eigenvalue weighted by molar-refractivity contribution is 0.100. The van der Waals surface area contributed by atoms with Gasteiger partial charge in [-0.15, -0.1) is 0 Å². The Morgan fingerprint density at radius 1 is 1.28 bits per heavy atom. The van der Waals surface area contributed by atoms with Gasteiger partial charge in [0.1, 0.15) is 0 Å². The fourth-order valence-electron chi connectivity index (χ4n) is 1.91. The number of carbonyl (C=O) groups excluding carboxylic acids is 1. The molecule has 1 aromatic carbocycles. The number of amides is 1. The van der Waals surface area contributed by atoms with Gasteiger partial charge in [-0.2, -0.15) is 5.10 Å². The Morgan fingerprint density at radius 3 is 2.44 bits per heavy atom. The van der Waals surface area contributed by atoms with Gasteiger partial charge in [0.25, 0.3) is 5.91 Å². The lowest BCUT2D eigenvalue weighted by Crippen LogP contribution is -2.15. The van der Waals surface area contributed by atoms with Crippen LogP contribution in [0.1, 0.15) is 27.3 Å². The third kappa shape index (κ3) is 1.73. The predicted octanol–water partition coefficient (Wildman–Crippen LogP) is 1.48. The molecule has 0 aliphatic heterocycles. The van der Waals surface area contributed by atoms with Crippen molar-refractivity contribution in [3.8, 4) is 5.69 Å². The van der Waals surface area contributed by atoms with Crippen molar-refractivity contribution in [2.24, 2.45) is 5.73 Å². The van der Waals surface area contributed by atoms with Gasteiger partial charge in [-0.3, -0.25) is 4.79 Å². The van der Waals surface area contributed by atoms with E-state index in [4.69, 9.17) is 11.5 Å². The molecule has 0 aliphatic rings. The Hall–Kier alpha value is -2.30. The first kappa shape index (κ1) is 12.2. The second-order valence-electron chi connectivity index (χ2n) is 4.31.